The second kappa shape index (κ2) is 17.0. The summed E-state index contributed by atoms with van der Waals surface area (Å²) < 4.78 is 36.2. The van der Waals surface area contributed by atoms with Crippen molar-refractivity contribution in [3.05, 3.63) is 70.7 Å². The van der Waals surface area contributed by atoms with Gasteiger partial charge in [0.15, 0.2) is 6.10 Å². The third kappa shape index (κ3) is 11.1. The largest absolute Gasteiger partial charge is 0.434 e. The van der Waals surface area contributed by atoms with E-state index >= 15 is 8.78 Å². The number of nitrogens with one attached hydrogen (secondary N) is 4. The number of ketones is 1. The number of ether oxygens (including phenoxy) is 1. The Morgan fingerprint density at radius 3 is 2.28 bits per heavy atom. The van der Waals surface area contributed by atoms with Crippen LogP contribution in [0.4, 0.5) is 13.6 Å². The second-order valence-corrected chi connectivity index (χ2v) is 12.2. The first-order chi connectivity index (χ1) is 21.8. The molecule has 10 nitrogen and oxygen atoms in total. The van der Waals surface area contributed by atoms with Crippen molar-refractivity contribution in [3.8, 4) is 0 Å². The van der Waals surface area contributed by atoms with Gasteiger partial charge >= 0.3 is 12.0 Å². The minimum absolute atomic E-state index is 0.000692. The number of carbonyl (C=O) groups is 5. The number of carbonyl (C=O) groups excluding carboxylic acids is 5. The molecule has 4 amide bonds. The van der Waals surface area contributed by atoms with Crippen LogP contribution in [0.15, 0.2) is 54.6 Å². The Balaban J connectivity index is 0.00000107. The summed E-state index contributed by atoms with van der Waals surface area (Å²) in [5.41, 5.74) is -0.481. The molecule has 1 saturated heterocycles. The van der Waals surface area contributed by atoms with Crippen LogP contribution in [0.2, 0.25) is 5.02 Å². The van der Waals surface area contributed by atoms with Crippen LogP contribution in [0.3, 0.4) is 0 Å². The number of benzene rings is 2. The molecular formula is C33H41ClF2N4O6. The van der Waals surface area contributed by atoms with E-state index < -0.39 is 59.8 Å². The van der Waals surface area contributed by atoms with Gasteiger partial charge in [-0.25, -0.2) is 4.79 Å². The van der Waals surface area contributed by atoms with Crippen LogP contribution < -0.4 is 21.3 Å². The SMILES string of the molecule is CCC(C)C.O=C(CNC(=O)OC(c1ccccc1)C(F)(F)c1cccc(Cl)c1)NC(CC1CCNC1=O)C(=O)C(=O)NC1CC1. The van der Waals surface area contributed by atoms with Gasteiger partial charge in [-0.3, -0.25) is 19.2 Å². The fourth-order valence-electron chi connectivity index (χ4n) is 4.40. The molecule has 3 unspecified atom stereocenters. The minimum Gasteiger partial charge on any atom is -0.434 e. The van der Waals surface area contributed by atoms with Crippen molar-refractivity contribution in [3.63, 3.8) is 0 Å². The maximum absolute atomic E-state index is 15.6. The molecule has 46 heavy (non-hydrogen) atoms. The van der Waals surface area contributed by atoms with Crippen LogP contribution in [0, 0.1) is 11.8 Å². The zero-order valence-corrected chi connectivity index (χ0v) is 26.9. The number of amides is 4. The number of halogens is 3. The van der Waals surface area contributed by atoms with Crippen molar-refractivity contribution in [1.82, 2.24) is 21.3 Å². The van der Waals surface area contributed by atoms with E-state index in [-0.39, 0.29) is 29.0 Å². The third-order valence-electron chi connectivity index (χ3n) is 7.55. The molecule has 2 fully saturated rings. The molecule has 0 spiro atoms. The van der Waals surface area contributed by atoms with E-state index in [1.165, 1.54) is 42.8 Å². The topological polar surface area (TPSA) is 143 Å². The number of rotatable bonds is 13. The molecule has 0 bridgehead atoms. The lowest BCUT2D eigenvalue weighted by Gasteiger charge is -2.27. The summed E-state index contributed by atoms with van der Waals surface area (Å²) in [4.78, 5) is 62.4. The molecule has 4 N–H and O–H groups in total. The lowest BCUT2D eigenvalue weighted by molar-refractivity contribution is -0.140. The highest BCUT2D eigenvalue weighted by Crippen LogP contribution is 2.43. The summed E-state index contributed by atoms with van der Waals surface area (Å²) in [7, 11) is 0. The molecule has 4 rings (SSSR count). The summed E-state index contributed by atoms with van der Waals surface area (Å²) in [5.74, 6) is -6.37. The molecular weight excluding hydrogens is 622 g/mol. The first kappa shape index (κ1) is 36.4. The van der Waals surface area contributed by atoms with Crippen LogP contribution in [0.5, 0.6) is 0 Å². The standard InChI is InChI=1S/C28H29ClF2N4O6.C5H12/c29-19-8-4-7-18(14-19)28(30,31)24(16-5-2-1-3-6-16)41-27(40)33-15-22(36)35-21(13-17-11-12-32-25(17)38)23(37)26(39)34-20-9-10-20;1-4-5(2)3/h1-8,14,17,20-21,24H,9-13,15H2,(H,32,38)(H,33,40)(H,34,39)(H,35,36);5H,4H2,1-3H3. The summed E-state index contributed by atoms with van der Waals surface area (Å²) in [6.45, 7) is 6.31. The van der Waals surface area contributed by atoms with Crippen LogP contribution in [0.1, 0.15) is 70.1 Å². The predicted molar refractivity (Wildman–Crippen MR) is 168 cm³/mol. The van der Waals surface area contributed by atoms with Crippen molar-refractivity contribution in [2.24, 2.45) is 11.8 Å². The predicted octanol–water partition coefficient (Wildman–Crippen LogP) is 4.81. The maximum Gasteiger partial charge on any atom is 0.408 e. The Hall–Kier alpha value is -4.06. The molecule has 1 aliphatic carbocycles. The first-order valence-corrected chi connectivity index (χ1v) is 15.7. The molecule has 13 heteroatoms. The van der Waals surface area contributed by atoms with Gasteiger partial charge in [-0.2, -0.15) is 8.78 Å². The highest BCUT2D eigenvalue weighted by molar-refractivity contribution is 6.38. The number of alkyl carbamates (subject to hydrolysis) is 1. The zero-order valence-electron chi connectivity index (χ0n) is 26.1. The van der Waals surface area contributed by atoms with Gasteiger partial charge in [0, 0.05) is 29.1 Å². The fraction of sp³-hybridized carbons (Fsp3) is 0.485. The Morgan fingerprint density at radius 1 is 1.04 bits per heavy atom. The number of hydrogen-bond acceptors (Lipinski definition) is 6. The summed E-state index contributed by atoms with van der Waals surface area (Å²) in [6.07, 6.45) is -0.275. The Morgan fingerprint density at radius 2 is 1.72 bits per heavy atom. The van der Waals surface area contributed by atoms with E-state index in [1.807, 2.05) is 0 Å². The quantitative estimate of drug-likeness (QED) is 0.227. The van der Waals surface area contributed by atoms with Gasteiger partial charge in [0.2, 0.25) is 17.6 Å². The van der Waals surface area contributed by atoms with Gasteiger partial charge in [0.1, 0.15) is 6.54 Å². The second-order valence-electron chi connectivity index (χ2n) is 11.7. The number of Topliss-reactive ketones (excluding diaryl/α,β-unsaturated/α-hetero) is 1. The highest BCUT2D eigenvalue weighted by atomic mass is 35.5. The van der Waals surface area contributed by atoms with E-state index in [1.54, 1.807) is 6.07 Å². The normalized spacial score (nSPS) is 17.1. The van der Waals surface area contributed by atoms with Gasteiger partial charge in [-0.1, -0.05) is 81.3 Å². The fourth-order valence-corrected chi connectivity index (χ4v) is 4.59. The van der Waals surface area contributed by atoms with Crippen molar-refractivity contribution in [1.29, 1.82) is 0 Å². The van der Waals surface area contributed by atoms with Gasteiger partial charge in [0.05, 0.1) is 6.04 Å². The Kier molecular flexibility index (Phi) is 13.5. The Bertz CT molecular complexity index is 1370. The van der Waals surface area contributed by atoms with Gasteiger partial charge in [-0.05, 0) is 49.3 Å². The number of hydrogen-bond donors (Lipinski definition) is 4. The van der Waals surface area contributed by atoms with Crippen molar-refractivity contribution in [2.75, 3.05) is 13.1 Å². The van der Waals surface area contributed by atoms with Crippen LogP contribution in [-0.4, -0.2) is 54.8 Å². The molecule has 1 saturated carbocycles. The Labute approximate surface area is 272 Å². The van der Waals surface area contributed by atoms with E-state index in [4.69, 9.17) is 16.3 Å². The number of alkyl halides is 2. The molecule has 2 aromatic carbocycles. The van der Waals surface area contributed by atoms with E-state index in [0.29, 0.717) is 13.0 Å². The average Bonchev–Trinajstić information content (AvgIpc) is 3.76. The smallest absolute Gasteiger partial charge is 0.408 e. The van der Waals surface area contributed by atoms with Crippen LogP contribution in [-0.2, 0) is 29.8 Å². The van der Waals surface area contributed by atoms with Crippen molar-refractivity contribution < 1.29 is 37.5 Å². The minimum atomic E-state index is -3.69. The van der Waals surface area contributed by atoms with Gasteiger partial charge < -0.3 is 26.0 Å². The van der Waals surface area contributed by atoms with Crippen molar-refractivity contribution in [2.45, 2.75) is 77.0 Å². The molecule has 0 radical (unpaired) electrons. The van der Waals surface area contributed by atoms with Crippen molar-refractivity contribution >= 4 is 41.2 Å². The van der Waals surface area contributed by atoms with Gasteiger partial charge in [-0.15, -0.1) is 0 Å². The van der Waals surface area contributed by atoms with E-state index in [9.17, 15) is 24.0 Å². The molecule has 1 heterocycles. The lowest BCUT2D eigenvalue weighted by Crippen LogP contribution is -2.51. The molecule has 250 valence electrons. The van der Waals surface area contributed by atoms with E-state index in [2.05, 4.69) is 42.0 Å². The first-order valence-electron chi connectivity index (χ1n) is 15.4. The maximum atomic E-state index is 15.6. The molecule has 2 aliphatic rings. The van der Waals surface area contributed by atoms with Crippen LogP contribution in [0.25, 0.3) is 0 Å². The monoisotopic (exact) mass is 662 g/mol. The molecule has 1 aliphatic heterocycles. The lowest BCUT2D eigenvalue weighted by atomic mass is 9.95. The van der Waals surface area contributed by atoms with E-state index in [0.717, 1.165) is 30.9 Å². The third-order valence-corrected chi connectivity index (χ3v) is 7.78. The van der Waals surface area contributed by atoms with Crippen LogP contribution >= 0.6 is 11.6 Å². The van der Waals surface area contributed by atoms with Gasteiger partial charge in [0.25, 0.3) is 5.91 Å². The molecule has 0 aromatic heterocycles. The summed E-state index contributed by atoms with van der Waals surface area (Å²) in [5, 5.41) is 9.74. The average molecular weight is 663 g/mol. The highest BCUT2D eigenvalue weighted by Gasteiger charge is 2.45. The molecule has 2 aromatic rings. The summed E-state index contributed by atoms with van der Waals surface area (Å²) >= 11 is 5.90. The molecule has 3 atom stereocenters. The summed E-state index contributed by atoms with van der Waals surface area (Å²) in [6, 6.07) is 10.9. The zero-order chi connectivity index (χ0) is 33.9.